The molecular formula is C26H32ClN3O7. The number of hydrogen-bond donors (Lipinski definition) is 5. The van der Waals surface area contributed by atoms with E-state index in [1.807, 2.05) is 25.8 Å². The number of benzene rings is 1. The lowest BCUT2D eigenvalue weighted by molar-refractivity contribution is -0.148. The van der Waals surface area contributed by atoms with Crippen LogP contribution in [0.4, 0.5) is 0 Å². The predicted molar refractivity (Wildman–Crippen MR) is 135 cm³/mol. The van der Waals surface area contributed by atoms with Gasteiger partial charge in [-0.2, -0.15) is 0 Å². The summed E-state index contributed by atoms with van der Waals surface area (Å²) in [7, 11) is 5.07. The van der Waals surface area contributed by atoms with Gasteiger partial charge in [0.2, 0.25) is 5.78 Å². The molecule has 11 heteroatoms. The highest BCUT2D eigenvalue weighted by molar-refractivity contribution is 6.33. The summed E-state index contributed by atoms with van der Waals surface area (Å²) in [6.07, 6.45) is 0.166. The van der Waals surface area contributed by atoms with Crippen molar-refractivity contribution in [3.05, 3.63) is 50.4 Å². The fourth-order valence-corrected chi connectivity index (χ4v) is 6.21. The number of halogens is 1. The molecule has 0 saturated heterocycles. The molecular weight excluding hydrogens is 502 g/mol. The third-order valence-electron chi connectivity index (χ3n) is 8.03. The first-order valence-corrected chi connectivity index (χ1v) is 12.4. The lowest BCUT2D eigenvalue weighted by atomic mass is 9.58. The number of primary amides is 1. The molecule has 1 aromatic carbocycles. The van der Waals surface area contributed by atoms with Gasteiger partial charge in [0.15, 0.2) is 11.4 Å². The summed E-state index contributed by atoms with van der Waals surface area (Å²) in [6.45, 7) is 4.45. The third kappa shape index (κ3) is 3.85. The largest absolute Gasteiger partial charge is 0.510 e. The summed E-state index contributed by atoms with van der Waals surface area (Å²) < 4.78 is 0. The first kappa shape index (κ1) is 27.1. The number of ketones is 2. The van der Waals surface area contributed by atoms with Crippen LogP contribution in [0.3, 0.4) is 0 Å². The maximum atomic E-state index is 13.7. The molecule has 0 aliphatic heterocycles. The van der Waals surface area contributed by atoms with E-state index in [-0.39, 0.29) is 35.8 Å². The molecule has 3 aliphatic rings. The van der Waals surface area contributed by atoms with Crippen molar-refractivity contribution in [2.75, 3.05) is 21.1 Å². The Bertz CT molecular complexity index is 1290. The average Bonchev–Trinajstić information content (AvgIpc) is 2.78. The maximum absolute atomic E-state index is 13.7. The summed E-state index contributed by atoms with van der Waals surface area (Å²) in [4.78, 5) is 42.5. The number of rotatable bonds is 5. The van der Waals surface area contributed by atoms with Crippen LogP contribution < -0.4 is 5.73 Å². The van der Waals surface area contributed by atoms with Crippen molar-refractivity contribution >= 4 is 29.1 Å². The van der Waals surface area contributed by atoms with Crippen LogP contribution in [-0.4, -0.2) is 86.5 Å². The Morgan fingerprint density at radius 3 is 2.38 bits per heavy atom. The quantitative estimate of drug-likeness (QED) is 0.353. The molecule has 4 atom stereocenters. The Morgan fingerprint density at radius 2 is 1.84 bits per heavy atom. The summed E-state index contributed by atoms with van der Waals surface area (Å²) in [6, 6.07) is 0.576. The molecule has 0 spiro atoms. The number of carbonyl (C=O) groups excluding carboxylic acids is 3. The predicted octanol–water partition coefficient (Wildman–Crippen LogP) is 1.61. The highest BCUT2D eigenvalue weighted by Gasteiger charge is 2.63. The molecule has 1 aromatic rings. The van der Waals surface area contributed by atoms with Gasteiger partial charge >= 0.3 is 0 Å². The van der Waals surface area contributed by atoms with E-state index in [2.05, 4.69) is 0 Å². The SMILES string of the molecule is CC(C)N(C)Cc1cc(O)c2c(c1Cl)C[C@H]1C[C@H]3[C@H](N(C)C)C(O)=C(C(N)=O)C(=O)[C@@]3(O)C(O)=C1C2=O. The summed E-state index contributed by atoms with van der Waals surface area (Å²) in [5.74, 6) is -6.85. The molecule has 0 aromatic heterocycles. The second-order valence-corrected chi connectivity index (χ2v) is 11.1. The number of carbonyl (C=O) groups is 3. The van der Waals surface area contributed by atoms with E-state index < -0.39 is 58.0 Å². The van der Waals surface area contributed by atoms with Gasteiger partial charge in [-0.05, 0) is 70.9 Å². The van der Waals surface area contributed by atoms with Crippen LogP contribution in [0.15, 0.2) is 28.7 Å². The van der Waals surface area contributed by atoms with Crippen LogP contribution in [0.1, 0.15) is 41.8 Å². The number of hydrogen-bond acceptors (Lipinski definition) is 9. The molecule has 0 fully saturated rings. The minimum atomic E-state index is -2.66. The summed E-state index contributed by atoms with van der Waals surface area (Å²) in [5.41, 5.74) is 2.60. The number of aliphatic hydroxyl groups excluding tert-OH is 2. The number of phenols is 1. The molecule has 200 valence electrons. The van der Waals surface area contributed by atoms with Crippen molar-refractivity contribution in [2.24, 2.45) is 17.6 Å². The van der Waals surface area contributed by atoms with Crippen molar-refractivity contribution in [1.82, 2.24) is 9.80 Å². The van der Waals surface area contributed by atoms with E-state index >= 15 is 0 Å². The Kier molecular flexibility index (Phi) is 6.69. The molecule has 6 N–H and O–H groups in total. The fourth-order valence-electron chi connectivity index (χ4n) is 5.92. The highest BCUT2D eigenvalue weighted by Crippen LogP contribution is 2.53. The van der Waals surface area contributed by atoms with E-state index in [0.717, 1.165) is 0 Å². The topological polar surface area (TPSA) is 165 Å². The highest BCUT2D eigenvalue weighted by atomic mass is 35.5. The summed E-state index contributed by atoms with van der Waals surface area (Å²) in [5, 5.41) is 44.9. The molecule has 4 rings (SSSR count). The molecule has 0 bridgehead atoms. The minimum absolute atomic E-state index is 0.0129. The zero-order chi connectivity index (χ0) is 27.7. The Balaban J connectivity index is 1.90. The van der Waals surface area contributed by atoms with Gasteiger partial charge < -0.3 is 26.2 Å². The Hall–Kier alpha value is -2.92. The normalized spacial score (nSPS) is 27.7. The van der Waals surface area contributed by atoms with Gasteiger partial charge in [0.05, 0.1) is 11.6 Å². The smallest absolute Gasteiger partial charge is 0.255 e. The second-order valence-electron chi connectivity index (χ2n) is 10.7. The van der Waals surface area contributed by atoms with Crippen molar-refractivity contribution < 1.29 is 34.8 Å². The molecule has 0 heterocycles. The van der Waals surface area contributed by atoms with E-state index in [1.54, 1.807) is 14.1 Å². The number of aliphatic hydroxyl groups is 3. The van der Waals surface area contributed by atoms with Crippen molar-refractivity contribution in [2.45, 2.75) is 50.9 Å². The number of Topliss-reactive ketones (excluding diaryl/α,β-unsaturated/α-hetero) is 2. The number of nitrogens with two attached hydrogens (primary N) is 1. The van der Waals surface area contributed by atoms with Gasteiger partial charge in [-0.15, -0.1) is 0 Å². The molecule has 0 saturated carbocycles. The number of allylic oxidation sites excluding steroid dienone is 1. The van der Waals surface area contributed by atoms with E-state index in [9.17, 15) is 34.8 Å². The first-order valence-electron chi connectivity index (χ1n) is 12.0. The first-order chi connectivity index (χ1) is 17.1. The standard InChI is InChI=1S/C26H32ClN3O7/c1-10(2)30(5)9-12-8-15(31)17-13(19(12)27)6-11-7-14-20(29(3)4)22(33)18(25(28)36)24(35)26(14,37)23(34)16(11)21(17)32/h8,10-11,14,20,31,33-34,37H,6-7,9H2,1-5H3,(H2,28,36)/t11-,14-,20-,26-/m0/s1. The van der Waals surface area contributed by atoms with E-state index in [1.165, 1.54) is 11.0 Å². The van der Waals surface area contributed by atoms with Crippen molar-refractivity contribution in [3.8, 4) is 5.75 Å². The third-order valence-corrected chi connectivity index (χ3v) is 8.50. The van der Waals surface area contributed by atoms with Gasteiger partial charge in [-0.1, -0.05) is 11.6 Å². The fraction of sp³-hybridized carbons (Fsp3) is 0.500. The Morgan fingerprint density at radius 1 is 1.22 bits per heavy atom. The molecule has 0 unspecified atom stereocenters. The Labute approximate surface area is 219 Å². The lowest BCUT2D eigenvalue weighted by Crippen LogP contribution is -2.63. The molecule has 1 amide bonds. The number of aromatic hydroxyl groups is 1. The maximum Gasteiger partial charge on any atom is 0.255 e. The zero-order valence-corrected chi connectivity index (χ0v) is 22.1. The van der Waals surface area contributed by atoms with Crippen LogP contribution >= 0.6 is 11.6 Å². The number of nitrogens with zero attached hydrogens (tertiary/aromatic N) is 2. The van der Waals surface area contributed by atoms with Crippen LogP contribution in [0, 0.1) is 11.8 Å². The molecule has 10 nitrogen and oxygen atoms in total. The van der Waals surface area contributed by atoms with E-state index in [4.69, 9.17) is 17.3 Å². The van der Waals surface area contributed by atoms with Crippen molar-refractivity contribution in [3.63, 3.8) is 0 Å². The lowest BCUT2D eigenvalue weighted by Gasteiger charge is -2.50. The average molecular weight is 534 g/mol. The number of fused-ring (bicyclic) bond motifs is 3. The molecule has 37 heavy (non-hydrogen) atoms. The number of likely N-dealkylation sites (N-methyl/N-ethyl adjacent to an activating group) is 1. The summed E-state index contributed by atoms with van der Waals surface area (Å²) >= 11 is 6.75. The minimum Gasteiger partial charge on any atom is -0.510 e. The zero-order valence-electron chi connectivity index (χ0n) is 21.4. The monoisotopic (exact) mass is 533 g/mol. The van der Waals surface area contributed by atoms with Crippen LogP contribution in [0.25, 0.3) is 0 Å². The van der Waals surface area contributed by atoms with Crippen molar-refractivity contribution in [1.29, 1.82) is 0 Å². The molecule has 3 aliphatic carbocycles. The molecule has 0 radical (unpaired) electrons. The van der Waals surface area contributed by atoms with Crippen LogP contribution in [0.5, 0.6) is 5.75 Å². The number of phenolic OH excluding ortho intramolecular Hbond substituents is 1. The van der Waals surface area contributed by atoms with Crippen LogP contribution in [-0.2, 0) is 22.6 Å². The van der Waals surface area contributed by atoms with E-state index in [0.29, 0.717) is 22.7 Å². The van der Waals surface area contributed by atoms with Gasteiger partial charge in [0.1, 0.15) is 22.8 Å². The van der Waals surface area contributed by atoms with Gasteiger partial charge in [0.25, 0.3) is 5.91 Å². The number of amides is 1. The second kappa shape index (κ2) is 9.13. The van der Waals surface area contributed by atoms with Gasteiger partial charge in [0, 0.05) is 29.1 Å². The van der Waals surface area contributed by atoms with Crippen LogP contribution in [0.2, 0.25) is 5.02 Å². The van der Waals surface area contributed by atoms with Gasteiger partial charge in [-0.25, -0.2) is 0 Å². The van der Waals surface area contributed by atoms with Gasteiger partial charge in [-0.3, -0.25) is 24.2 Å².